The fourth-order valence-corrected chi connectivity index (χ4v) is 3.96. The molecule has 98 valence electrons. The van der Waals surface area contributed by atoms with E-state index in [2.05, 4.69) is 17.4 Å². The van der Waals surface area contributed by atoms with Crippen molar-refractivity contribution in [1.29, 1.82) is 0 Å². The Hall–Kier alpha value is -0.870. The Bertz CT molecular complexity index is 414. The van der Waals surface area contributed by atoms with E-state index in [0.29, 0.717) is 6.04 Å². The van der Waals surface area contributed by atoms with Gasteiger partial charge in [0.1, 0.15) is 11.9 Å². The molecule has 2 heterocycles. The quantitative estimate of drug-likeness (QED) is 0.900. The standard InChI is InChI=1S/C14H19NO2S/c16-18-7-5-12(6-8-18)15-10-13-9-11-3-1-2-4-14(11)17-13/h1-4,12-13,15H,5-10H2. The summed E-state index contributed by atoms with van der Waals surface area (Å²) in [5.41, 5.74) is 1.31. The lowest BCUT2D eigenvalue weighted by Crippen LogP contribution is -2.41. The first kappa shape index (κ1) is 12.2. The zero-order valence-corrected chi connectivity index (χ0v) is 11.2. The number of para-hydroxylation sites is 1. The third kappa shape index (κ3) is 2.75. The van der Waals surface area contributed by atoms with Crippen LogP contribution in [0.5, 0.6) is 5.75 Å². The molecule has 3 rings (SSSR count). The smallest absolute Gasteiger partial charge is 0.123 e. The second-order valence-electron chi connectivity index (χ2n) is 5.08. The first-order chi connectivity index (χ1) is 8.81. The summed E-state index contributed by atoms with van der Waals surface area (Å²) in [6, 6.07) is 8.78. The van der Waals surface area contributed by atoms with E-state index in [1.54, 1.807) is 0 Å². The van der Waals surface area contributed by atoms with Gasteiger partial charge in [-0.1, -0.05) is 18.2 Å². The lowest BCUT2D eigenvalue weighted by Gasteiger charge is -2.24. The summed E-state index contributed by atoms with van der Waals surface area (Å²) in [5.74, 6) is 2.74. The third-order valence-electron chi connectivity index (χ3n) is 3.74. The lowest BCUT2D eigenvalue weighted by molar-refractivity contribution is 0.219. The molecule has 2 aliphatic heterocycles. The van der Waals surface area contributed by atoms with Crippen molar-refractivity contribution in [3.8, 4) is 5.75 Å². The fraction of sp³-hybridized carbons (Fsp3) is 0.571. The molecule has 1 N–H and O–H groups in total. The molecule has 2 aliphatic rings. The average molecular weight is 265 g/mol. The van der Waals surface area contributed by atoms with Gasteiger partial charge >= 0.3 is 0 Å². The first-order valence-electron chi connectivity index (χ1n) is 6.64. The maximum absolute atomic E-state index is 11.3. The molecule has 0 radical (unpaired) electrons. The van der Waals surface area contributed by atoms with Gasteiger partial charge in [-0.25, -0.2) is 0 Å². The summed E-state index contributed by atoms with van der Waals surface area (Å²) in [4.78, 5) is 0. The molecule has 0 amide bonds. The van der Waals surface area contributed by atoms with Crippen molar-refractivity contribution in [2.75, 3.05) is 18.1 Å². The van der Waals surface area contributed by atoms with Crippen molar-refractivity contribution < 1.29 is 8.95 Å². The highest BCUT2D eigenvalue weighted by Gasteiger charge is 2.24. The average Bonchev–Trinajstić information content (AvgIpc) is 2.81. The molecular weight excluding hydrogens is 246 g/mol. The molecule has 18 heavy (non-hydrogen) atoms. The van der Waals surface area contributed by atoms with Gasteiger partial charge in [0.15, 0.2) is 0 Å². The molecule has 1 unspecified atom stereocenters. The van der Waals surface area contributed by atoms with E-state index in [9.17, 15) is 4.21 Å². The topological polar surface area (TPSA) is 38.3 Å². The van der Waals surface area contributed by atoms with E-state index in [0.717, 1.165) is 43.1 Å². The first-order valence-corrected chi connectivity index (χ1v) is 8.13. The van der Waals surface area contributed by atoms with Gasteiger partial charge in [-0.2, -0.15) is 0 Å². The number of benzene rings is 1. The summed E-state index contributed by atoms with van der Waals surface area (Å²) in [5, 5.41) is 3.56. The van der Waals surface area contributed by atoms with Gasteiger partial charge in [0, 0.05) is 41.3 Å². The monoisotopic (exact) mass is 265 g/mol. The minimum absolute atomic E-state index is 0.259. The molecule has 0 aromatic heterocycles. The Balaban J connectivity index is 1.47. The summed E-state index contributed by atoms with van der Waals surface area (Å²) >= 11 is 0. The Morgan fingerprint density at radius 1 is 1.28 bits per heavy atom. The number of fused-ring (bicyclic) bond motifs is 1. The third-order valence-corrected chi connectivity index (χ3v) is 5.12. The molecule has 1 aromatic carbocycles. The van der Waals surface area contributed by atoms with E-state index in [4.69, 9.17) is 4.74 Å². The summed E-state index contributed by atoms with van der Waals surface area (Å²) in [7, 11) is -0.570. The molecule has 1 saturated heterocycles. The highest BCUT2D eigenvalue weighted by atomic mass is 32.2. The Morgan fingerprint density at radius 2 is 2.06 bits per heavy atom. The van der Waals surface area contributed by atoms with Crippen molar-refractivity contribution in [3.63, 3.8) is 0 Å². The van der Waals surface area contributed by atoms with Crippen LogP contribution in [0.2, 0.25) is 0 Å². The maximum Gasteiger partial charge on any atom is 0.123 e. The number of ether oxygens (including phenoxy) is 1. The highest BCUT2D eigenvalue weighted by Crippen LogP contribution is 2.27. The Morgan fingerprint density at radius 3 is 2.83 bits per heavy atom. The van der Waals surface area contributed by atoms with Crippen molar-refractivity contribution in [2.45, 2.75) is 31.4 Å². The van der Waals surface area contributed by atoms with Gasteiger partial charge in [0.05, 0.1) is 0 Å². The fourth-order valence-electron chi connectivity index (χ4n) is 2.66. The Labute approximate surface area is 110 Å². The van der Waals surface area contributed by atoms with Crippen LogP contribution in [0.15, 0.2) is 24.3 Å². The SMILES string of the molecule is O=S1CCC(NCC2Cc3ccccc3O2)CC1. The molecule has 3 nitrogen and oxygen atoms in total. The summed E-state index contributed by atoms with van der Waals surface area (Å²) in [6.07, 6.45) is 3.33. The number of nitrogens with one attached hydrogen (secondary N) is 1. The van der Waals surface area contributed by atoms with Gasteiger partial charge in [-0.15, -0.1) is 0 Å². The van der Waals surface area contributed by atoms with Gasteiger partial charge in [0.25, 0.3) is 0 Å². The van der Waals surface area contributed by atoms with Crippen LogP contribution in [0.1, 0.15) is 18.4 Å². The number of hydrogen-bond donors (Lipinski definition) is 1. The summed E-state index contributed by atoms with van der Waals surface area (Å²) < 4.78 is 17.2. The van der Waals surface area contributed by atoms with Crippen LogP contribution < -0.4 is 10.1 Å². The second kappa shape index (κ2) is 5.41. The lowest BCUT2D eigenvalue weighted by atomic mass is 10.1. The van der Waals surface area contributed by atoms with E-state index in [1.807, 2.05) is 12.1 Å². The van der Waals surface area contributed by atoms with Crippen LogP contribution in [0.4, 0.5) is 0 Å². The number of hydrogen-bond acceptors (Lipinski definition) is 3. The number of rotatable bonds is 3. The highest BCUT2D eigenvalue weighted by molar-refractivity contribution is 7.85. The van der Waals surface area contributed by atoms with E-state index < -0.39 is 10.8 Å². The van der Waals surface area contributed by atoms with Gasteiger partial charge in [-0.3, -0.25) is 4.21 Å². The van der Waals surface area contributed by atoms with Crippen molar-refractivity contribution in [1.82, 2.24) is 5.32 Å². The van der Waals surface area contributed by atoms with E-state index in [1.165, 1.54) is 5.56 Å². The van der Waals surface area contributed by atoms with E-state index >= 15 is 0 Å². The molecule has 4 heteroatoms. The largest absolute Gasteiger partial charge is 0.488 e. The molecule has 1 fully saturated rings. The van der Waals surface area contributed by atoms with Crippen LogP contribution in [-0.2, 0) is 17.2 Å². The van der Waals surface area contributed by atoms with Crippen LogP contribution in [0.25, 0.3) is 0 Å². The van der Waals surface area contributed by atoms with E-state index in [-0.39, 0.29) is 6.10 Å². The molecule has 0 spiro atoms. The molecule has 0 bridgehead atoms. The molecule has 0 aliphatic carbocycles. The van der Waals surface area contributed by atoms with Crippen LogP contribution in [0.3, 0.4) is 0 Å². The summed E-state index contributed by atoms with van der Waals surface area (Å²) in [6.45, 7) is 0.895. The van der Waals surface area contributed by atoms with Crippen LogP contribution in [-0.4, -0.2) is 34.4 Å². The van der Waals surface area contributed by atoms with Gasteiger partial charge in [-0.05, 0) is 24.5 Å². The zero-order chi connectivity index (χ0) is 12.4. The molecule has 1 aromatic rings. The zero-order valence-electron chi connectivity index (χ0n) is 10.4. The van der Waals surface area contributed by atoms with Gasteiger partial charge < -0.3 is 10.1 Å². The van der Waals surface area contributed by atoms with Crippen molar-refractivity contribution in [2.24, 2.45) is 0 Å². The predicted octanol–water partition coefficient (Wildman–Crippen LogP) is 1.49. The Kier molecular flexibility index (Phi) is 3.66. The second-order valence-corrected chi connectivity index (χ2v) is 6.78. The minimum Gasteiger partial charge on any atom is -0.488 e. The maximum atomic E-state index is 11.3. The van der Waals surface area contributed by atoms with Gasteiger partial charge in [0.2, 0.25) is 0 Å². The molecule has 1 atom stereocenters. The van der Waals surface area contributed by atoms with Crippen LogP contribution >= 0.6 is 0 Å². The minimum atomic E-state index is -0.570. The van der Waals surface area contributed by atoms with Crippen molar-refractivity contribution in [3.05, 3.63) is 29.8 Å². The van der Waals surface area contributed by atoms with Crippen LogP contribution in [0, 0.1) is 0 Å². The molecule has 0 saturated carbocycles. The predicted molar refractivity (Wildman–Crippen MR) is 73.5 cm³/mol. The molecular formula is C14H19NO2S. The normalized spacial score (nSPS) is 30.8. The van der Waals surface area contributed by atoms with Crippen molar-refractivity contribution >= 4 is 10.8 Å².